The molecule has 0 saturated carbocycles. The number of para-hydroxylation sites is 1. The third-order valence-corrected chi connectivity index (χ3v) is 4.31. The van der Waals surface area contributed by atoms with Crippen LogP contribution in [-0.2, 0) is 6.67 Å². The lowest BCUT2D eigenvalue weighted by atomic mass is 10.1. The van der Waals surface area contributed by atoms with E-state index in [1.54, 1.807) is 4.68 Å². The Morgan fingerprint density at radius 2 is 1.57 bits per heavy atom. The van der Waals surface area contributed by atoms with Crippen molar-refractivity contribution in [2.45, 2.75) is 38.8 Å². The van der Waals surface area contributed by atoms with Crippen LogP contribution >= 0.6 is 12.2 Å². The van der Waals surface area contributed by atoms with Crippen LogP contribution in [0, 0.1) is 4.77 Å². The molecule has 1 saturated heterocycles. The van der Waals surface area contributed by atoms with Gasteiger partial charge < -0.3 is 0 Å². The van der Waals surface area contributed by atoms with Crippen LogP contribution in [-0.4, -0.2) is 37.8 Å². The highest BCUT2D eigenvalue weighted by Crippen LogP contribution is 2.12. The van der Waals surface area contributed by atoms with Gasteiger partial charge in [-0.1, -0.05) is 37.5 Å². The summed E-state index contributed by atoms with van der Waals surface area (Å²) in [5.41, 5.74) is 0.960. The molecule has 1 fully saturated rings. The van der Waals surface area contributed by atoms with Gasteiger partial charge in [0.1, 0.15) is 0 Å². The van der Waals surface area contributed by atoms with E-state index in [-0.39, 0.29) is 0 Å². The van der Waals surface area contributed by atoms with Gasteiger partial charge in [-0.3, -0.25) is 4.90 Å². The first kappa shape index (κ1) is 14.4. The fourth-order valence-corrected chi connectivity index (χ4v) is 2.97. The maximum Gasteiger partial charge on any atom is 0.221 e. The molecule has 5 nitrogen and oxygen atoms in total. The number of tetrazole rings is 1. The van der Waals surface area contributed by atoms with E-state index in [1.165, 1.54) is 32.1 Å². The van der Waals surface area contributed by atoms with E-state index in [4.69, 9.17) is 12.2 Å². The maximum atomic E-state index is 5.51. The molecular weight excluding hydrogens is 282 g/mol. The standard InChI is InChI=1S/C15H21N5S/c21-15-19(13-18-11-7-2-1-3-8-12-18)16-17-20(15)14-9-5-4-6-10-14/h4-6,9-10H,1-3,7-8,11-13H2. The van der Waals surface area contributed by atoms with Crippen LogP contribution in [0.1, 0.15) is 32.1 Å². The fourth-order valence-electron chi connectivity index (χ4n) is 2.74. The minimum absolute atomic E-state index is 0.656. The lowest BCUT2D eigenvalue weighted by Gasteiger charge is -2.23. The molecule has 21 heavy (non-hydrogen) atoms. The number of benzene rings is 1. The number of hydrogen-bond donors (Lipinski definition) is 0. The topological polar surface area (TPSA) is 38.9 Å². The van der Waals surface area contributed by atoms with Gasteiger partial charge in [0.25, 0.3) is 0 Å². The molecule has 6 heteroatoms. The maximum absolute atomic E-state index is 5.51. The summed E-state index contributed by atoms with van der Waals surface area (Å²) in [4.78, 5) is 2.43. The van der Waals surface area contributed by atoms with Crippen LogP contribution in [0.2, 0.25) is 0 Å². The molecule has 0 atom stereocenters. The van der Waals surface area contributed by atoms with Crippen LogP contribution in [0.25, 0.3) is 5.69 Å². The molecule has 0 bridgehead atoms. The fraction of sp³-hybridized carbons (Fsp3) is 0.533. The van der Waals surface area contributed by atoms with Gasteiger partial charge in [-0.15, -0.1) is 0 Å². The van der Waals surface area contributed by atoms with Gasteiger partial charge in [0.15, 0.2) is 0 Å². The minimum atomic E-state index is 0.656. The normalized spacial score (nSPS) is 17.3. The summed E-state index contributed by atoms with van der Waals surface area (Å²) < 4.78 is 4.20. The molecule has 2 heterocycles. The van der Waals surface area contributed by atoms with Crippen LogP contribution in [0.15, 0.2) is 30.3 Å². The van der Waals surface area contributed by atoms with Crippen molar-refractivity contribution in [3.63, 3.8) is 0 Å². The highest BCUT2D eigenvalue weighted by Gasteiger charge is 2.11. The summed E-state index contributed by atoms with van der Waals surface area (Å²) in [6.07, 6.45) is 6.56. The van der Waals surface area contributed by atoms with E-state index in [2.05, 4.69) is 15.3 Å². The second-order valence-corrected chi connectivity index (χ2v) is 5.90. The zero-order valence-corrected chi connectivity index (χ0v) is 13.0. The van der Waals surface area contributed by atoms with Gasteiger partial charge in [-0.2, -0.15) is 4.68 Å². The molecule has 1 aromatic carbocycles. The predicted octanol–water partition coefficient (Wildman–Crippen LogP) is 3.02. The molecule has 112 valence electrons. The van der Waals surface area contributed by atoms with Gasteiger partial charge in [-0.25, -0.2) is 4.68 Å². The molecular formula is C15H21N5S. The molecule has 1 aliphatic heterocycles. The molecule has 2 aromatic rings. The molecule has 0 radical (unpaired) electrons. The van der Waals surface area contributed by atoms with E-state index in [0.29, 0.717) is 4.77 Å². The number of nitrogens with zero attached hydrogens (tertiary/aromatic N) is 5. The Morgan fingerprint density at radius 3 is 2.29 bits per heavy atom. The Balaban J connectivity index is 1.74. The number of rotatable bonds is 3. The van der Waals surface area contributed by atoms with Gasteiger partial charge in [-0.05, 0) is 60.7 Å². The zero-order chi connectivity index (χ0) is 14.5. The summed E-state index contributed by atoms with van der Waals surface area (Å²) in [5.74, 6) is 0. The average Bonchev–Trinajstić information content (AvgIpc) is 2.84. The van der Waals surface area contributed by atoms with Crippen molar-refractivity contribution in [1.29, 1.82) is 0 Å². The first-order valence-electron chi connectivity index (χ1n) is 7.65. The molecule has 0 N–H and O–H groups in total. The van der Waals surface area contributed by atoms with Crippen molar-refractivity contribution in [3.05, 3.63) is 35.1 Å². The molecule has 0 spiro atoms. The molecule has 0 unspecified atom stereocenters. The number of hydrogen-bond acceptors (Lipinski definition) is 4. The Kier molecular flexibility index (Phi) is 4.77. The van der Waals surface area contributed by atoms with Crippen molar-refractivity contribution in [2.24, 2.45) is 0 Å². The molecule has 1 aliphatic rings. The van der Waals surface area contributed by atoms with Crippen LogP contribution < -0.4 is 0 Å². The summed E-state index contributed by atoms with van der Waals surface area (Å²) in [6, 6.07) is 9.93. The summed E-state index contributed by atoms with van der Waals surface area (Å²) >= 11 is 5.51. The number of likely N-dealkylation sites (tertiary alicyclic amines) is 1. The molecule has 3 rings (SSSR count). The first-order valence-corrected chi connectivity index (χ1v) is 8.06. The van der Waals surface area contributed by atoms with Crippen molar-refractivity contribution >= 4 is 12.2 Å². The van der Waals surface area contributed by atoms with Crippen LogP contribution in [0.5, 0.6) is 0 Å². The minimum Gasteiger partial charge on any atom is -0.284 e. The third kappa shape index (κ3) is 3.57. The van der Waals surface area contributed by atoms with Crippen LogP contribution in [0.3, 0.4) is 0 Å². The lowest BCUT2D eigenvalue weighted by molar-refractivity contribution is 0.186. The van der Waals surface area contributed by atoms with E-state index < -0.39 is 0 Å². The third-order valence-electron chi connectivity index (χ3n) is 3.92. The zero-order valence-electron chi connectivity index (χ0n) is 12.2. The monoisotopic (exact) mass is 303 g/mol. The Labute approximate surface area is 130 Å². The van der Waals surface area contributed by atoms with Crippen molar-refractivity contribution < 1.29 is 0 Å². The van der Waals surface area contributed by atoms with Crippen molar-refractivity contribution in [1.82, 2.24) is 24.7 Å². The molecule has 0 aliphatic carbocycles. The van der Waals surface area contributed by atoms with Gasteiger partial charge in [0.2, 0.25) is 4.77 Å². The molecule has 1 aromatic heterocycles. The Bertz CT molecular complexity index is 610. The highest BCUT2D eigenvalue weighted by molar-refractivity contribution is 7.71. The Morgan fingerprint density at radius 1 is 0.905 bits per heavy atom. The predicted molar refractivity (Wildman–Crippen MR) is 84.8 cm³/mol. The molecule has 0 amide bonds. The first-order chi connectivity index (χ1) is 10.3. The van der Waals surface area contributed by atoms with Crippen molar-refractivity contribution in [3.8, 4) is 5.69 Å². The van der Waals surface area contributed by atoms with Gasteiger partial charge in [0.05, 0.1) is 12.4 Å². The smallest absolute Gasteiger partial charge is 0.221 e. The van der Waals surface area contributed by atoms with Gasteiger partial charge in [0, 0.05) is 0 Å². The summed E-state index contributed by atoms with van der Waals surface area (Å²) in [7, 11) is 0. The quantitative estimate of drug-likeness (QED) is 0.817. The largest absolute Gasteiger partial charge is 0.284 e. The Hall–Kier alpha value is -1.53. The average molecular weight is 303 g/mol. The van der Waals surface area contributed by atoms with Crippen LogP contribution in [0.4, 0.5) is 0 Å². The second-order valence-electron chi connectivity index (χ2n) is 5.54. The van der Waals surface area contributed by atoms with E-state index in [1.807, 2.05) is 35.0 Å². The van der Waals surface area contributed by atoms with Crippen molar-refractivity contribution in [2.75, 3.05) is 13.1 Å². The highest BCUT2D eigenvalue weighted by atomic mass is 32.1. The van der Waals surface area contributed by atoms with E-state index in [0.717, 1.165) is 25.4 Å². The number of aromatic nitrogens is 4. The second kappa shape index (κ2) is 6.95. The van der Waals surface area contributed by atoms with E-state index >= 15 is 0 Å². The van der Waals surface area contributed by atoms with E-state index in [9.17, 15) is 0 Å². The van der Waals surface area contributed by atoms with Gasteiger partial charge >= 0.3 is 0 Å². The SMILES string of the molecule is S=c1n(CN2CCCCCCC2)nnn1-c1ccccc1. The summed E-state index contributed by atoms with van der Waals surface area (Å²) in [6.45, 7) is 2.99. The summed E-state index contributed by atoms with van der Waals surface area (Å²) in [5, 5.41) is 8.42. The lowest BCUT2D eigenvalue weighted by Crippen LogP contribution is -2.30.